The van der Waals surface area contributed by atoms with Gasteiger partial charge in [0, 0.05) is 17.1 Å². The number of hydrogen-bond acceptors (Lipinski definition) is 7. The van der Waals surface area contributed by atoms with Gasteiger partial charge < -0.3 is 23.8 Å². The lowest BCUT2D eigenvalue weighted by molar-refractivity contribution is 0.0660. The third kappa shape index (κ3) is 6.01. The Morgan fingerprint density at radius 3 is 1.31 bits per heavy atom. The van der Waals surface area contributed by atoms with E-state index in [2.05, 4.69) is 38.6 Å². The SMILES string of the molecule is COC(=O)OCc1ccc(N(c2ccc(C)cc2)c2ccc(COC(=O)OC)cc2)cc1. The summed E-state index contributed by atoms with van der Waals surface area (Å²) in [5, 5.41) is 0. The number of anilines is 3. The van der Waals surface area contributed by atoms with Gasteiger partial charge in [0.25, 0.3) is 0 Å². The van der Waals surface area contributed by atoms with E-state index >= 15 is 0 Å². The zero-order chi connectivity index (χ0) is 22.9. The first-order valence-electron chi connectivity index (χ1n) is 9.96. The van der Waals surface area contributed by atoms with E-state index in [4.69, 9.17) is 9.47 Å². The van der Waals surface area contributed by atoms with Crippen LogP contribution >= 0.6 is 0 Å². The van der Waals surface area contributed by atoms with Crippen molar-refractivity contribution in [2.75, 3.05) is 19.1 Å². The van der Waals surface area contributed by atoms with Crippen LogP contribution in [0.2, 0.25) is 0 Å². The van der Waals surface area contributed by atoms with Crippen LogP contribution in [0.4, 0.5) is 26.7 Å². The minimum Gasteiger partial charge on any atom is -0.438 e. The molecule has 0 aromatic heterocycles. The van der Waals surface area contributed by atoms with Crippen LogP contribution in [0.15, 0.2) is 72.8 Å². The van der Waals surface area contributed by atoms with Crippen LogP contribution in [0.5, 0.6) is 0 Å². The molecule has 0 N–H and O–H groups in total. The lowest BCUT2D eigenvalue weighted by Crippen LogP contribution is -2.10. The molecule has 0 bridgehead atoms. The van der Waals surface area contributed by atoms with Crippen molar-refractivity contribution in [3.05, 3.63) is 89.5 Å². The summed E-state index contributed by atoms with van der Waals surface area (Å²) in [4.78, 5) is 24.5. The van der Waals surface area contributed by atoms with Gasteiger partial charge in [0.15, 0.2) is 0 Å². The molecule has 32 heavy (non-hydrogen) atoms. The fourth-order valence-electron chi connectivity index (χ4n) is 3.03. The number of rotatable bonds is 7. The van der Waals surface area contributed by atoms with Crippen LogP contribution in [0.3, 0.4) is 0 Å². The Bertz CT molecular complexity index is 966. The Morgan fingerprint density at radius 1 is 0.625 bits per heavy atom. The lowest BCUT2D eigenvalue weighted by atomic mass is 10.1. The van der Waals surface area contributed by atoms with Crippen LogP contribution in [-0.4, -0.2) is 26.5 Å². The molecule has 0 unspecified atom stereocenters. The highest BCUT2D eigenvalue weighted by molar-refractivity contribution is 5.76. The van der Waals surface area contributed by atoms with Crippen molar-refractivity contribution in [3.63, 3.8) is 0 Å². The van der Waals surface area contributed by atoms with Gasteiger partial charge in [-0.1, -0.05) is 42.0 Å². The zero-order valence-electron chi connectivity index (χ0n) is 18.2. The molecule has 0 saturated carbocycles. The molecule has 7 nitrogen and oxygen atoms in total. The average Bonchev–Trinajstić information content (AvgIpc) is 2.83. The molecular formula is C25H25NO6. The molecule has 0 heterocycles. The number of ether oxygens (including phenoxy) is 4. The predicted octanol–water partition coefficient (Wildman–Crippen LogP) is 6.03. The number of carbonyl (C=O) groups excluding carboxylic acids is 2. The summed E-state index contributed by atoms with van der Waals surface area (Å²) in [6.07, 6.45) is -1.43. The summed E-state index contributed by atoms with van der Waals surface area (Å²) in [7, 11) is 2.55. The van der Waals surface area contributed by atoms with Gasteiger partial charge in [-0.05, 0) is 54.4 Å². The summed E-state index contributed by atoms with van der Waals surface area (Å²) in [6, 6.07) is 23.7. The maximum Gasteiger partial charge on any atom is 0.508 e. The average molecular weight is 435 g/mol. The molecular weight excluding hydrogens is 410 g/mol. The highest BCUT2D eigenvalue weighted by atomic mass is 16.7. The van der Waals surface area contributed by atoms with Crippen molar-refractivity contribution in [3.8, 4) is 0 Å². The van der Waals surface area contributed by atoms with Crippen molar-refractivity contribution >= 4 is 29.4 Å². The Morgan fingerprint density at radius 2 is 0.969 bits per heavy atom. The van der Waals surface area contributed by atoms with E-state index in [9.17, 15) is 9.59 Å². The first kappa shape index (κ1) is 22.7. The van der Waals surface area contributed by atoms with Crippen LogP contribution in [0.25, 0.3) is 0 Å². The summed E-state index contributed by atoms with van der Waals surface area (Å²) >= 11 is 0. The molecule has 0 atom stereocenters. The Hall–Kier alpha value is -4.00. The predicted molar refractivity (Wildman–Crippen MR) is 120 cm³/mol. The third-order valence-electron chi connectivity index (χ3n) is 4.73. The fraction of sp³-hybridized carbons (Fsp3) is 0.200. The summed E-state index contributed by atoms with van der Waals surface area (Å²) in [5.41, 5.74) is 5.73. The molecule has 3 aromatic rings. The maximum atomic E-state index is 11.2. The fourth-order valence-corrected chi connectivity index (χ4v) is 3.03. The lowest BCUT2D eigenvalue weighted by Gasteiger charge is -2.26. The van der Waals surface area contributed by atoms with E-state index in [1.165, 1.54) is 19.8 Å². The standard InChI is InChI=1S/C25H25NO6/c1-18-4-10-21(11-5-18)26(22-12-6-19(7-13-22)16-31-24(27)29-2)23-14-8-20(9-15-23)17-32-25(28)30-3/h4-15H,16-17H2,1-3H3. The van der Waals surface area contributed by atoms with Crippen molar-refractivity contribution in [2.24, 2.45) is 0 Å². The van der Waals surface area contributed by atoms with Crippen molar-refractivity contribution in [1.82, 2.24) is 0 Å². The van der Waals surface area contributed by atoms with Gasteiger partial charge in [0.1, 0.15) is 13.2 Å². The Kier molecular flexibility index (Phi) is 7.70. The molecule has 0 amide bonds. The highest BCUT2D eigenvalue weighted by Gasteiger charge is 2.13. The molecule has 166 valence electrons. The Balaban J connectivity index is 1.85. The van der Waals surface area contributed by atoms with Gasteiger partial charge in [0.05, 0.1) is 14.2 Å². The quantitative estimate of drug-likeness (QED) is 0.419. The molecule has 0 saturated heterocycles. The first-order chi connectivity index (χ1) is 15.5. The summed E-state index contributed by atoms with van der Waals surface area (Å²) < 4.78 is 19.0. The second-order valence-electron chi connectivity index (χ2n) is 6.99. The Labute approximate surface area is 187 Å². The minimum absolute atomic E-state index is 0.131. The van der Waals surface area contributed by atoms with Crippen molar-refractivity contribution in [1.29, 1.82) is 0 Å². The number of hydrogen-bond donors (Lipinski definition) is 0. The summed E-state index contributed by atoms with van der Waals surface area (Å²) in [5.74, 6) is 0. The summed E-state index contributed by atoms with van der Waals surface area (Å²) in [6.45, 7) is 2.30. The van der Waals surface area contributed by atoms with Gasteiger partial charge in [-0.25, -0.2) is 9.59 Å². The third-order valence-corrected chi connectivity index (χ3v) is 4.73. The van der Waals surface area contributed by atoms with Gasteiger partial charge in [-0.3, -0.25) is 0 Å². The second-order valence-corrected chi connectivity index (χ2v) is 6.99. The zero-order valence-corrected chi connectivity index (χ0v) is 18.2. The van der Waals surface area contributed by atoms with Crippen molar-refractivity contribution in [2.45, 2.75) is 20.1 Å². The molecule has 3 rings (SSSR count). The minimum atomic E-state index is -0.716. The molecule has 7 heteroatoms. The van der Waals surface area contributed by atoms with Crippen molar-refractivity contribution < 1.29 is 28.5 Å². The van der Waals surface area contributed by atoms with E-state index in [1.54, 1.807) is 0 Å². The normalized spacial score (nSPS) is 10.2. The topological polar surface area (TPSA) is 74.3 Å². The number of nitrogens with zero attached hydrogens (tertiary/aromatic N) is 1. The molecule has 0 spiro atoms. The number of methoxy groups -OCH3 is 2. The monoisotopic (exact) mass is 435 g/mol. The van der Waals surface area contributed by atoms with Gasteiger partial charge in [-0.15, -0.1) is 0 Å². The number of benzene rings is 3. The van der Waals surface area contributed by atoms with Gasteiger partial charge in [-0.2, -0.15) is 0 Å². The molecule has 0 aliphatic heterocycles. The van der Waals surface area contributed by atoms with E-state index in [-0.39, 0.29) is 13.2 Å². The second kappa shape index (κ2) is 10.9. The van der Waals surface area contributed by atoms with Gasteiger partial charge in [0.2, 0.25) is 0 Å². The van der Waals surface area contributed by atoms with Crippen LogP contribution in [0, 0.1) is 6.92 Å². The molecule has 0 fully saturated rings. The van der Waals surface area contributed by atoms with Crippen LogP contribution < -0.4 is 4.90 Å². The molecule has 0 radical (unpaired) electrons. The molecule has 0 aliphatic carbocycles. The largest absolute Gasteiger partial charge is 0.508 e. The number of aryl methyl sites for hydroxylation is 1. The van der Waals surface area contributed by atoms with Crippen LogP contribution in [0.1, 0.15) is 16.7 Å². The number of carbonyl (C=O) groups is 2. The molecule has 0 aliphatic rings. The highest BCUT2D eigenvalue weighted by Crippen LogP contribution is 2.34. The van der Waals surface area contributed by atoms with E-state index in [0.717, 1.165) is 28.2 Å². The molecule has 3 aromatic carbocycles. The first-order valence-corrected chi connectivity index (χ1v) is 9.96. The van der Waals surface area contributed by atoms with Crippen LogP contribution in [-0.2, 0) is 32.2 Å². The van der Waals surface area contributed by atoms with Gasteiger partial charge >= 0.3 is 12.3 Å². The maximum absolute atomic E-state index is 11.2. The smallest absolute Gasteiger partial charge is 0.438 e. The van der Waals surface area contributed by atoms with E-state index in [0.29, 0.717) is 0 Å². The van der Waals surface area contributed by atoms with E-state index in [1.807, 2.05) is 55.5 Å². The van der Waals surface area contributed by atoms with E-state index < -0.39 is 12.3 Å².